The summed E-state index contributed by atoms with van der Waals surface area (Å²) in [4.78, 5) is 31.6. The molecule has 0 fully saturated rings. The van der Waals surface area contributed by atoms with E-state index in [1.807, 2.05) is 74.6 Å². The molecule has 1 unspecified atom stereocenters. The number of rotatable bonds is 5. The highest BCUT2D eigenvalue weighted by molar-refractivity contribution is 7.07. The maximum absolute atomic E-state index is 13.7. The van der Waals surface area contributed by atoms with Crippen LogP contribution in [0.3, 0.4) is 0 Å². The molecule has 3 heterocycles. The number of allylic oxidation sites excluding steroid dienone is 1. The number of hydrogen-bond acceptors (Lipinski definition) is 7. The molecule has 0 spiro atoms. The van der Waals surface area contributed by atoms with E-state index in [9.17, 15) is 9.59 Å². The zero-order valence-corrected chi connectivity index (χ0v) is 21.1. The van der Waals surface area contributed by atoms with Gasteiger partial charge in [-0.2, -0.15) is 5.10 Å². The van der Waals surface area contributed by atoms with Crippen molar-refractivity contribution in [3.05, 3.63) is 109 Å². The lowest BCUT2D eigenvalue weighted by molar-refractivity contribution is -0.136. The third-order valence-corrected chi connectivity index (χ3v) is 7.11. The van der Waals surface area contributed by atoms with Crippen molar-refractivity contribution in [3.8, 4) is 11.5 Å². The molecule has 2 aromatic carbocycles. The number of esters is 1. The normalized spacial score (nSPS) is 15.4. The fraction of sp³-hybridized carbons (Fsp3) is 0.185. The molecule has 182 valence electrons. The van der Waals surface area contributed by atoms with E-state index in [2.05, 4.69) is 10.1 Å². The second-order valence-corrected chi connectivity index (χ2v) is 9.38. The van der Waals surface area contributed by atoms with Crippen LogP contribution in [0, 0.1) is 6.92 Å². The average molecular weight is 501 g/mol. The Kier molecular flexibility index (Phi) is 6.15. The van der Waals surface area contributed by atoms with E-state index in [1.165, 1.54) is 18.4 Å². The summed E-state index contributed by atoms with van der Waals surface area (Å²) >= 11 is 1.28. The van der Waals surface area contributed by atoms with Crippen LogP contribution in [-0.2, 0) is 16.6 Å². The lowest BCUT2D eigenvalue weighted by Gasteiger charge is -2.23. The standard InChI is InChI=1S/C27H24N4O4S/c1-16-23(26(33)34-4)24(21-15-28-30(3)17(21)2)31-25(32)22(36-27(31)29-16)14-18-9-8-12-20(13-18)35-19-10-6-5-7-11-19/h5-15,24H,1-4H3/b22-14+. The first-order valence-electron chi connectivity index (χ1n) is 11.3. The molecular formula is C27H24N4O4S. The van der Waals surface area contributed by atoms with Gasteiger partial charge < -0.3 is 9.47 Å². The molecular weight excluding hydrogens is 476 g/mol. The van der Waals surface area contributed by atoms with Crippen molar-refractivity contribution < 1.29 is 14.3 Å². The van der Waals surface area contributed by atoms with Crippen molar-refractivity contribution in [2.45, 2.75) is 19.9 Å². The Balaban J connectivity index is 1.63. The van der Waals surface area contributed by atoms with Crippen LogP contribution in [-0.4, -0.2) is 27.4 Å². The van der Waals surface area contributed by atoms with Crippen LogP contribution in [0.2, 0.25) is 0 Å². The molecule has 0 saturated carbocycles. The van der Waals surface area contributed by atoms with Gasteiger partial charge in [0.15, 0.2) is 4.80 Å². The average Bonchev–Trinajstić information content (AvgIpc) is 3.36. The maximum atomic E-state index is 13.7. The predicted octanol–water partition coefficient (Wildman–Crippen LogP) is 3.24. The molecule has 9 heteroatoms. The van der Waals surface area contributed by atoms with Gasteiger partial charge in [0.05, 0.1) is 29.1 Å². The molecule has 1 aliphatic heterocycles. The Morgan fingerprint density at radius 2 is 1.83 bits per heavy atom. The summed E-state index contributed by atoms with van der Waals surface area (Å²) in [7, 11) is 3.15. The minimum Gasteiger partial charge on any atom is -0.466 e. The lowest BCUT2D eigenvalue weighted by atomic mass is 9.96. The van der Waals surface area contributed by atoms with Gasteiger partial charge in [-0.3, -0.25) is 14.0 Å². The lowest BCUT2D eigenvalue weighted by Crippen LogP contribution is -2.40. The fourth-order valence-corrected chi connectivity index (χ4v) is 5.26. The highest BCUT2D eigenvalue weighted by atomic mass is 32.1. The molecule has 0 aliphatic carbocycles. The number of carbonyl (C=O) groups excluding carboxylic acids is 1. The number of para-hydroxylation sites is 1. The number of ether oxygens (including phenoxy) is 2. The van der Waals surface area contributed by atoms with Crippen molar-refractivity contribution in [1.82, 2.24) is 14.3 Å². The van der Waals surface area contributed by atoms with Gasteiger partial charge in [0.1, 0.15) is 17.5 Å². The van der Waals surface area contributed by atoms with E-state index in [0.717, 1.165) is 22.6 Å². The summed E-state index contributed by atoms with van der Waals surface area (Å²) in [5, 5.41) is 4.33. The zero-order valence-electron chi connectivity index (χ0n) is 20.3. The third kappa shape index (κ3) is 4.18. The Labute approximate surface area is 211 Å². The summed E-state index contributed by atoms with van der Waals surface area (Å²) in [6.07, 6.45) is 3.50. The quantitative estimate of drug-likeness (QED) is 0.393. The van der Waals surface area contributed by atoms with Crippen molar-refractivity contribution >= 4 is 23.4 Å². The Bertz CT molecular complexity index is 1680. The minimum atomic E-state index is -0.683. The number of fused-ring (bicyclic) bond motifs is 1. The Morgan fingerprint density at radius 1 is 1.08 bits per heavy atom. The van der Waals surface area contributed by atoms with Crippen LogP contribution in [0.4, 0.5) is 0 Å². The van der Waals surface area contributed by atoms with Gasteiger partial charge in [0.25, 0.3) is 5.56 Å². The third-order valence-electron chi connectivity index (χ3n) is 6.13. The predicted molar refractivity (Wildman–Crippen MR) is 137 cm³/mol. The maximum Gasteiger partial charge on any atom is 0.338 e. The fourth-order valence-electron chi connectivity index (χ4n) is 4.21. The Hall–Kier alpha value is -4.24. The summed E-state index contributed by atoms with van der Waals surface area (Å²) in [6.45, 7) is 3.66. The van der Waals surface area contributed by atoms with E-state index in [0.29, 0.717) is 26.4 Å². The van der Waals surface area contributed by atoms with E-state index >= 15 is 0 Å². The van der Waals surface area contributed by atoms with Gasteiger partial charge in [0, 0.05) is 18.3 Å². The van der Waals surface area contributed by atoms with Crippen molar-refractivity contribution in [2.24, 2.45) is 12.0 Å². The first kappa shape index (κ1) is 23.5. The van der Waals surface area contributed by atoms with E-state index < -0.39 is 12.0 Å². The minimum absolute atomic E-state index is 0.240. The molecule has 0 bridgehead atoms. The number of nitrogens with zero attached hydrogens (tertiary/aromatic N) is 4. The highest BCUT2D eigenvalue weighted by Gasteiger charge is 2.34. The topological polar surface area (TPSA) is 87.7 Å². The van der Waals surface area contributed by atoms with Crippen molar-refractivity contribution in [2.75, 3.05) is 7.11 Å². The molecule has 1 atom stereocenters. The van der Waals surface area contributed by atoms with Crippen LogP contribution in [0.5, 0.6) is 11.5 Å². The molecule has 0 radical (unpaired) electrons. The molecule has 0 N–H and O–H groups in total. The highest BCUT2D eigenvalue weighted by Crippen LogP contribution is 2.32. The van der Waals surface area contributed by atoms with Gasteiger partial charge in [-0.25, -0.2) is 9.79 Å². The van der Waals surface area contributed by atoms with Crippen LogP contribution in [0.25, 0.3) is 6.08 Å². The van der Waals surface area contributed by atoms with Gasteiger partial charge >= 0.3 is 5.97 Å². The van der Waals surface area contributed by atoms with Gasteiger partial charge in [-0.05, 0) is 49.8 Å². The van der Waals surface area contributed by atoms with Crippen molar-refractivity contribution in [1.29, 1.82) is 0 Å². The van der Waals surface area contributed by atoms with Crippen molar-refractivity contribution in [3.63, 3.8) is 0 Å². The molecule has 0 saturated heterocycles. The number of aryl methyl sites for hydroxylation is 1. The monoisotopic (exact) mass is 500 g/mol. The molecule has 2 aromatic heterocycles. The smallest absolute Gasteiger partial charge is 0.338 e. The largest absolute Gasteiger partial charge is 0.466 e. The summed E-state index contributed by atoms with van der Waals surface area (Å²) in [5.74, 6) is 0.867. The number of benzene rings is 2. The number of methoxy groups -OCH3 is 1. The second-order valence-electron chi connectivity index (χ2n) is 8.37. The second kappa shape index (κ2) is 9.43. The first-order valence-corrected chi connectivity index (χ1v) is 12.1. The molecule has 5 rings (SSSR count). The summed E-state index contributed by atoms with van der Waals surface area (Å²) < 4.78 is 14.8. The molecule has 4 aromatic rings. The van der Waals surface area contributed by atoms with Gasteiger partial charge in [-0.15, -0.1) is 0 Å². The molecule has 1 aliphatic rings. The number of hydrogen-bond donors (Lipinski definition) is 0. The number of carbonyl (C=O) groups is 1. The van der Waals surface area contributed by atoms with Gasteiger partial charge in [-0.1, -0.05) is 41.7 Å². The van der Waals surface area contributed by atoms with E-state index in [4.69, 9.17) is 9.47 Å². The summed E-state index contributed by atoms with van der Waals surface area (Å²) in [5.41, 5.74) is 3.00. The van der Waals surface area contributed by atoms with E-state index in [-0.39, 0.29) is 5.56 Å². The van der Waals surface area contributed by atoms with Crippen LogP contribution >= 0.6 is 11.3 Å². The van der Waals surface area contributed by atoms with E-state index in [1.54, 1.807) is 22.4 Å². The number of thiazole rings is 1. The van der Waals surface area contributed by atoms with Crippen LogP contribution in [0.1, 0.15) is 29.8 Å². The van der Waals surface area contributed by atoms with Crippen LogP contribution < -0.4 is 19.6 Å². The zero-order chi connectivity index (χ0) is 25.4. The van der Waals surface area contributed by atoms with Crippen LogP contribution in [0.15, 0.2) is 81.9 Å². The number of aromatic nitrogens is 3. The molecule has 8 nitrogen and oxygen atoms in total. The SMILES string of the molecule is COC(=O)C1=C(C)N=c2s/c(=C/c3cccc(Oc4ccccc4)c3)c(=O)n2C1c1cnn(C)c1C. The molecule has 36 heavy (non-hydrogen) atoms. The summed E-state index contributed by atoms with van der Waals surface area (Å²) in [6, 6.07) is 16.3. The first-order chi connectivity index (χ1) is 17.4. The molecule has 0 amide bonds. The van der Waals surface area contributed by atoms with Gasteiger partial charge in [0.2, 0.25) is 0 Å². The Morgan fingerprint density at radius 3 is 2.53 bits per heavy atom.